The predicted molar refractivity (Wildman–Crippen MR) is 148 cm³/mol. The number of alkyl carbamates (subject to hydrolysis) is 1. The number of aliphatic hydroxyl groups excluding tert-OH is 1. The van der Waals surface area contributed by atoms with Crippen LogP contribution in [0.5, 0.6) is 0 Å². The van der Waals surface area contributed by atoms with Gasteiger partial charge < -0.3 is 30.1 Å². The molecule has 0 radical (unpaired) electrons. The third kappa shape index (κ3) is 9.22. The van der Waals surface area contributed by atoms with Crippen molar-refractivity contribution in [1.29, 1.82) is 0 Å². The van der Waals surface area contributed by atoms with Gasteiger partial charge in [0.1, 0.15) is 23.2 Å². The van der Waals surface area contributed by atoms with Crippen LogP contribution in [0.2, 0.25) is 0 Å². The molecule has 2 heterocycles. The summed E-state index contributed by atoms with van der Waals surface area (Å²) >= 11 is 0. The van der Waals surface area contributed by atoms with E-state index in [9.17, 15) is 24.3 Å². The van der Waals surface area contributed by atoms with E-state index >= 15 is 0 Å². The number of rotatable bonds is 3. The van der Waals surface area contributed by atoms with Crippen LogP contribution in [0, 0.1) is 11.8 Å². The normalized spacial score (nSPS) is 32.1. The molecule has 39 heavy (non-hydrogen) atoms. The molecule has 10 heteroatoms. The highest BCUT2D eigenvalue weighted by molar-refractivity contribution is 5.96. The maximum atomic E-state index is 13.6. The van der Waals surface area contributed by atoms with Crippen molar-refractivity contribution in [2.24, 2.45) is 11.8 Å². The van der Waals surface area contributed by atoms with Crippen LogP contribution < -0.4 is 10.6 Å². The standard InChI is InChI=1S/C26H41N3O7.C3H8/c1-6-35-23(33)26-14-17(26)11-7-9-16(2)10-8-12-19(27-24(34)36-25(3,4)5)22(32)29-15-18(30)13-20(29)21(31)28-26;1-3-2/h7,11,16-20,30H,6,8-10,12-15H2,1-5H3,(H,27,34)(H,28,31);3H2,1-2H3/b11-7-;/t16?,17-,18-,19+,20+,26-;/m1./s1. The Labute approximate surface area is 233 Å². The van der Waals surface area contributed by atoms with E-state index in [4.69, 9.17) is 9.47 Å². The summed E-state index contributed by atoms with van der Waals surface area (Å²) in [6.07, 6.45) is 6.82. The Hall–Kier alpha value is -2.62. The molecule has 1 saturated heterocycles. The van der Waals surface area contributed by atoms with Gasteiger partial charge in [0.25, 0.3) is 0 Å². The van der Waals surface area contributed by atoms with E-state index in [0.29, 0.717) is 25.2 Å². The topological polar surface area (TPSA) is 134 Å². The Morgan fingerprint density at radius 2 is 1.87 bits per heavy atom. The third-order valence-corrected chi connectivity index (χ3v) is 6.95. The first-order valence-corrected chi connectivity index (χ1v) is 14.4. The molecule has 6 atom stereocenters. The average Bonchev–Trinajstić information content (AvgIpc) is 3.37. The number of esters is 1. The molecule has 1 aliphatic carbocycles. The largest absolute Gasteiger partial charge is 0.464 e. The maximum absolute atomic E-state index is 13.6. The summed E-state index contributed by atoms with van der Waals surface area (Å²) in [5.41, 5.74) is -1.90. The molecule has 3 aliphatic rings. The fraction of sp³-hybridized carbons (Fsp3) is 0.793. The second-order valence-corrected chi connectivity index (χ2v) is 12.0. The Bertz CT molecular complexity index is 900. The number of allylic oxidation sites excluding steroid dienone is 1. The zero-order valence-electron chi connectivity index (χ0n) is 24.7. The van der Waals surface area contributed by atoms with Crippen molar-refractivity contribution in [3.8, 4) is 0 Å². The van der Waals surface area contributed by atoms with Crippen LogP contribution >= 0.6 is 0 Å². The van der Waals surface area contributed by atoms with Crippen LogP contribution in [0.25, 0.3) is 0 Å². The number of ether oxygens (including phenoxy) is 2. The highest BCUT2D eigenvalue weighted by atomic mass is 16.6. The molecule has 3 amide bonds. The Morgan fingerprint density at radius 1 is 1.21 bits per heavy atom. The van der Waals surface area contributed by atoms with E-state index in [0.717, 1.165) is 12.8 Å². The van der Waals surface area contributed by atoms with Gasteiger partial charge in [0.2, 0.25) is 11.8 Å². The molecule has 1 unspecified atom stereocenters. The molecule has 3 rings (SSSR count). The van der Waals surface area contributed by atoms with E-state index in [2.05, 4.69) is 31.4 Å². The second kappa shape index (κ2) is 14.1. The average molecular weight is 552 g/mol. The van der Waals surface area contributed by atoms with Gasteiger partial charge in [0.05, 0.1) is 12.7 Å². The molecule has 0 aromatic heterocycles. The molecule has 10 nitrogen and oxygen atoms in total. The zero-order chi connectivity index (χ0) is 29.4. The van der Waals surface area contributed by atoms with Crippen molar-refractivity contribution in [3.63, 3.8) is 0 Å². The first kappa shape index (κ1) is 32.6. The maximum Gasteiger partial charge on any atom is 0.408 e. The van der Waals surface area contributed by atoms with Crippen molar-refractivity contribution in [2.75, 3.05) is 13.2 Å². The smallest absolute Gasteiger partial charge is 0.408 e. The van der Waals surface area contributed by atoms with Crippen molar-refractivity contribution < 1.29 is 33.8 Å². The van der Waals surface area contributed by atoms with E-state index < -0.39 is 53.2 Å². The summed E-state index contributed by atoms with van der Waals surface area (Å²) in [4.78, 5) is 53.6. The highest BCUT2D eigenvalue weighted by Gasteiger charge is 2.62. The van der Waals surface area contributed by atoms with E-state index in [1.54, 1.807) is 27.7 Å². The SMILES string of the molecule is CCC.CCOC(=O)[C@@]12C[C@H]1/C=C\CC(C)CCC[C@H](NC(=O)OC(C)(C)C)C(=O)N1C[C@H](O)C[C@H]1C(=O)N2. The van der Waals surface area contributed by atoms with Gasteiger partial charge in [-0.25, -0.2) is 9.59 Å². The zero-order valence-corrected chi connectivity index (χ0v) is 24.7. The van der Waals surface area contributed by atoms with Gasteiger partial charge in [-0.05, 0) is 52.9 Å². The summed E-state index contributed by atoms with van der Waals surface area (Å²) in [6, 6.07) is -1.86. The molecule has 0 bridgehead atoms. The molecule has 0 aromatic rings. The van der Waals surface area contributed by atoms with E-state index in [1.165, 1.54) is 11.3 Å². The first-order chi connectivity index (χ1) is 18.3. The number of aliphatic hydroxyl groups is 1. The molecule has 2 fully saturated rings. The number of hydrogen-bond acceptors (Lipinski definition) is 7. The first-order valence-electron chi connectivity index (χ1n) is 14.4. The number of carbonyl (C=O) groups excluding carboxylic acids is 4. The number of fused-ring (bicyclic) bond motifs is 2. The fourth-order valence-electron chi connectivity index (χ4n) is 4.99. The Balaban J connectivity index is 0.00000170. The minimum atomic E-state index is -1.16. The van der Waals surface area contributed by atoms with Gasteiger partial charge in [-0.15, -0.1) is 0 Å². The van der Waals surface area contributed by atoms with E-state index in [1.807, 2.05) is 12.2 Å². The second-order valence-electron chi connectivity index (χ2n) is 12.0. The quantitative estimate of drug-likeness (QED) is 0.361. The number of carbonyl (C=O) groups is 4. The monoisotopic (exact) mass is 551 g/mol. The van der Waals surface area contributed by atoms with Gasteiger partial charge in [0.15, 0.2) is 0 Å². The lowest BCUT2D eigenvalue weighted by molar-refractivity contribution is -0.150. The molecule has 3 N–H and O–H groups in total. The van der Waals surface area contributed by atoms with Crippen LogP contribution in [0.4, 0.5) is 4.79 Å². The number of amides is 3. The predicted octanol–water partition coefficient (Wildman–Crippen LogP) is 3.46. The molecular formula is C29H49N3O7. The van der Waals surface area contributed by atoms with Crippen molar-refractivity contribution in [3.05, 3.63) is 12.2 Å². The van der Waals surface area contributed by atoms with Crippen molar-refractivity contribution >= 4 is 23.9 Å². The number of hydrogen-bond donors (Lipinski definition) is 3. The molecule has 0 aromatic carbocycles. The molecule has 1 saturated carbocycles. The molecule has 222 valence electrons. The minimum Gasteiger partial charge on any atom is -0.464 e. The summed E-state index contributed by atoms with van der Waals surface area (Å²) in [5, 5.41) is 15.9. The summed E-state index contributed by atoms with van der Waals surface area (Å²) in [6.45, 7) is 13.4. The van der Waals surface area contributed by atoms with Gasteiger partial charge in [-0.1, -0.05) is 52.2 Å². The fourth-order valence-corrected chi connectivity index (χ4v) is 4.99. The van der Waals surface area contributed by atoms with E-state index in [-0.39, 0.29) is 25.5 Å². The Morgan fingerprint density at radius 3 is 2.49 bits per heavy atom. The minimum absolute atomic E-state index is 0.0322. The molecule has 2 aliphatic heterocycles. The summed E-state index contributed by atoms with van der Waals surface area (Å²) in [7, 11) is 0. The summed E-state index contributed by atoms with van der Waals surface area (Å²) < 4.78 is 10.6. The van der Waals surface area contributed by atoms with Gasteiger partial charge in [-0.2, -0.15) is 0 Å². The van der Waals surface area contributed by atoms with Gasteiger partial charge in [0, 0.05) is 18.9 Å². The van der Waals surface area contributed by atoms with Crippen LogP contribution in [-0.4, -0.2) is 76.4 Å². The van der Waals surface area contributed by atoms with Crippen LogP contribution in [0.15, 0.2) is 12.2 Å². The lowest BCUT2D eigenvalue weighted by Crippen LogP contribution is -2.56. The van der Waals surface area contributed by atoms with Crippen molar-refractivity contribution in [1.82, 2.24) is 15.5 Å². The third-order valence-electron chi connectivity index (χ3n) is 6.95. The number of nitrogens with one attached hydrogen (secondary N) is 2. The summed E-state index contributed by atoms with van der Waals surface area (Å²) in [5.74, 6) is -1.31. The Kier molecular flexibility index (Phi) is 11.8. The van der Waals surface area contributed by atoms with Crippen LogP contribution in [0.3, 0.4) is 0 Å². The highest BCUT2D eigenvalue weighted by Crippen LogP contribution is 2.46. The van der Waals surface area contributed by atoms with Gasteiger partial charge >= 0.3 is 12.1 Å². The van der Waals surface area contributed by atoms with Crippen molar-refractivity contribution in [2.45, 2.75) is 123 Å². The molecular weight excluding hydrogens is 502 g/mol. The van der Waals surface area contributed by atoms with Crippen LogP contribution in [-0.2, 0) is 23.9 Å². The molecule has 0 spiro atoms. The lowest BCUT2D eigenvalue weighted by Gasteiger charge is -2.30. The van der Waals surface area contributed by atoms with Crippen LogP contribution in [0.1, 0.15) is 93.4 Å². The van der Waals surface area contributed by atoms with Gasteiger partial charge in [-0.3, -0.25) is 9.59 Å². The lowest BCUT2D eigenvalue weighted by atomic mass is 9.97. The number of nitrogens with zero attached hydrogens (tertiary/aromatic N) is 1.